The van der Waals surface area contributed by atoms with E-state index in [1.165, 1.54) is 30.5 Å². The molecule has 1 amide bonds. The second-order valence-corrected chi connectivity index (χ2v) is 9.30. The molecule has 0 radical (unpaired) electrons. The van der Waals surface area contributed by atoms with Gasteiger partial charge in [0.1, 0.15) is 18.1 Å². The van der Waals surface area contributed by atoms with Gasteiger partial charge in [0.25, 0.3) is 15.9 Å². The van der Waals surface area contributed by atoms with E-state index in [0.29, 0.717) is 22.2 Å². The van der Waals surface area contributed by atoms with Crippen molar-refractivity contribution in [1.29, 1.82) is 0 Å². The van der Waals surface area contributed by atoms with Gasteiger partial charge in [0.2, 0.25) is 0 Å². The molecule has 10 heteroatoms. The highest BCUT2D eigenvalue weighted by molar-refractivity contribution is 9.10. The molecule has 7 nitrogen and oxygen atoms in total. The number of aryl methyl sites for hydroxylation is 1. The summed E-state index contributed by atoms with van der Waals surface area (Å²) in [6.45, 7) is 1.31. The first-order valence-electron chi connectivity index (χ1n) is 8.68. The Morgan fingerprint density at radius 1 is 1.20 bits per heavy atom. The number of benzene rings is 2. The van der Waals surface area contributed by atoms with Crippen molar-refractivity contribution in [3.05, 3.63) is 81.7 Å². The first-order valence-corrected chi connectivity index (χ1v) is 11.3. The van der Waals surface area contributed by atoms with Crippen molar-refractivity contribution in [1.82, 2.24) is 5.43 Å². The first kappa shape index (κ1) is 22.1. The molecule has 1 heterocycles. The van der Waals surface area contributed by atoms with E-state index < -0.39 is 22.5 Å². The predicted molar refractivity (Wildman–Crippen MR) is 119 cm³/mol. The summed E-state index contributed by atoms with van der Waals surface area (Å²) in [5.41, 5.74) is 2.67. The van der Waals surface area contributed by atoms with Crippen molar-refractivity contribution < 1.29 is 17.6 Å². The van der Waals surface area contributed by atoms with Gasteiger partial charge in [-0.05, 0) is 59.3 Å². The second-order valence-electron chi connectivity index (χ2n) is 6.15. The zero-order valence-electron chi connectivity index (χ0n) is 15.7. The summed E-state index contributed by atoms with van der Waals surface area (Å²) in [5.74, 6) is 0.496. The maximum absolute atomic E-state index is 13.2. The fraction of sp³-hybridized carbons (Fsp3) is 0.100. The van der Waals surface area contributed by atoms with Crippen molar-refractivity contribution in [2.75, 3.05) is 10.8 Å². The Morgan fingerprint density at radius 3 is 2.47 bits per heavy atom. The minimum absolute atomic E-state index is 0.0166. The van der Waals surface area contributed by atoms with Gasteiger partial charge < -0.3 is 4.42 Å². The molecular weight excluding hydrogens is 494 g/mol. The smallest absolute Gasteiger partial charge is 0.264 e. The third kappa shape index (κ3) is 5.29. The Kier molecular flexibility index (Phi) is 6.96. The molecule has 0 bridgehead atoms. The van der Waals surface area contributed by atoms with Crippen LogP contribution in [0, 0.1) is 6.92 Å². The molecule has 0 aliphatic heterocycles. The predicted octanol–water partition coefficient (Wildman–Crippen LogP) is 4.35. The number of para-hydroxylation sites is 1. The zero-order chi connectivity index (χ0) is 21.7. The lowest BCUT2D eigenvalue weighted by Gasteiger charge is -2.23. The Morgan fingerprint density at radius 2 is 1.87 bits per heavy atom. The number of nitrogens with zero attached hydrogens (tertiary/aromatic N) is 2. The maximum Gasteiger partial charge on any atom is 0.264 e. The number of sulfonamides is 1. The van der Waals surface area contributed by atoms with E-state index >= 15 is 0 Å². The highest BCUT2D eigenvalue weighted by Gasteiger charge is 2.27. The van der Waals surface area contributed by atoms with Crippen LogP contribution in [0.25, 0.3) is 0 Å². The van der Waals surface area contributed by atoms with Gasteiger partial charge in [-0.3, -0.25) is 9.10 Å². The third-order valence-electron chi connectivity index (χ3n) is 3.99. The van der Waals surface area contributed by atoms with E-state index in [1.807, 2.05) is 0 Å². The van der Waals surface area contributed by atoms with Crippen LogP contribution in [0.2, 0.25) is 5.02 Å². The van der Waals surface area contributed by atoms with Crippen LogP contribution in [0.4, 0.5) is 5.69 Å². The number of hydrogen-bond donors (Lipinski definition) is 1. The van der Waals surface area contributed by atoms with Crippen LogP contribution < -0.4 is 9.73 Å². The van der Waals surface area contributed by atoms with Crippen molar-refractivity contribution in [3.8, 4) is 0 Å². The molecule has 0 saturated heterocycles. The molecule has 0 atom stereocenters. The second kappa shape index (κ2) is 9.46. The Bertz CT molecular complexity index is 1140. The lowest BCUT2D eigenvalue weighted by molar-refractivity contribution is -0.119. The minimum Gasteiger partial charge on any atom is -0.459 e. The van der Waals surface area contributed by atoms with Crippen LogP contribution in [0.3, 0.4) is 0 Å². The molecule has 0 fully saturated rings. The summed E-state index contributed by atoms with van der Waals surface area (Å²) >= 11 is 9.18. The SMILES string of the molecule is Cc1oc(/C=N\NC(=O)CN(c2ccccc2)S(=O)(=O)c2ccc(Cl)cc2)cc1Br. The first-order chi connectivity index (χ1) is 14.3. The van der Waals surface area contributed by atoms with Crippen molar-refractivity contribution >= 4 is 55.4 Å². The number of furan rings is 1. The number of anilines is 1. The summed E-state index contributed by atoms with van der Waals surface area (Å²) in [6.07, 6.45) is 1.33. The molecule has 0 saturated carbocycles. The number of nitrogens with one attached hydrogen (secondary N) is 1. The number of hydrogen-bond acceptors (Lipinski definition) is 5. The van der Waals surface area contributed by atoms with Gasteiger partial charge >= 0.3 is 0 Å². The van der Waals surface area contributed by atoms with Crippen LogP contribution in [-0.4, -0.2) is 27.1 Å². The lowest BCUT2D eigenvalue weighted by atomic mass is 10.3. The van der Waals surface area contributed by atoms with Crippen LogP contribution in [0.1, 0.15) is 11.5 Å². The highest BCUT2D eigenvalue weighted by atomic mass is 79.9. The summed E-state index contributed by atoms with van der Waals surface area (Å²) in [4.78, 5) is 12.4. The van der Waals surface area contributed by atoms with Gasteiger partial charge in [-0.15, -0.1) is 0 Å². The third-order valence-corrected chi connectivity index (χ3v) is 6.82. The van der Waals surface area contributed by atoms with Gasteiger partial charge in [0.15, 0.2) is 0 Å². The summed E-state index contributed by atoms with van der Waals surface area (Å²) in [5, 5.41) is 4.24. The van der Waals surface area contributed by atoms with Crippen LogP contribution in [-0.2, 0) is 14.8 Å². The summed E-state index contributed by atoms with van der Waals surface area (Å²) < 4.78 is 33.5. The number of carbonyl (C=O) groups is 1. The number of halogens is 2. The monoisotopic (exact) mass is 509 g/mol. The molecule has 30 heavy (non-hydrogen) atoms. The number of carbonyl (C=O) groups excluding carboxylic acids is 1. The van der Waals surface area contributed by atoms with E-state index in [2.05, 4.69) is 26.5 Å². The lowest BCUT2D eigenvalue weighted by Crippen LogP contribution is -2.39. The van der Waals surface area contributed by atoms with Gasteiger partial charge in [0, 0.05) is 11.1 Å². The van der Waals surface area contributed by atoms with Gasteiger partial charge in [-0.1, -0.05) is 29.8 Å². The normalized spacial score (nSPS) is 11.6. The molecular formula is C20H17BrClN3O4S. The van der Waals surface area contributed by atoms with E-state index in [1.54, 1.807) is 43.3 Å². The van der Waals surface area contributed by atoms with Crippen LogP contribution in [0.15, 0.2) is 79.6 Å². The topological polar surface area (TPSA) is 92.0 Å². The van der Waals surface area contributed by atoms with E-state index in [-0.39, 0.29) is 4.90 Å². The number of hydrazone groups is 1. The fourth-order valence-corrected chi connectivity index (χ4v) is 4.38. The molecule has 0 unspecified atom stereocenters. The summed E-state index contributed by atoms with van der Waals surface area (Å²) in [6, 6.07) is 15.8. The van der Waals surface area contributed by atoms with E-state index in [0.717, 1.165) is 8.78 Å². The van der Waals surface area contributed by atoms with Gasteiger partial charge in [-0.2, -0.15) is 5.10 Å². The van der Waals surface area contributed by atoms with Crippen LogP contribution in [0.5, 0.6) is 0 Å². The van der Waals surface area contributed by atoms with Gasteiger partial charge in [0.05, 0.1) is 21.3 Å². The molecule has 3 rings (SSSR count). The van der Waals surface area contributed by atoms with E-state index in [9.17, 15) is 13.2 Å². The molecule has 1 aromatic heterocycles. The Labute approximate surface area is 187 Å². The molecule has 3 aromatic rings. The molecule has 2 aromatic carbocycles. The molecule has 156 valence electrons. The van der Waals surface area contributed by atoms with Crippen molar-refractivity contribution in [2.45, 2.75) is 11.8 Å². The fourth-order valence-electron chi connectivity index (χ4n) is 2.52. The largest absolute Gasteiger partial charge is 0.459 e. The molecule has 0 spiro atoms. The quantitative estimate of drug-likeness (QED) is 0.378. The molecule has 0 aliphatic carbocycles. The Hall–Kier alpha value is -2.62. The Balaban J connectivity index is 1.81. The highest BCUT2D eigenvalue weighted by Crippen LogP contribution is 2.24. The zero-order valence-corrected chi connectivity index (χ0v) is 18.9. The number of amides is 1. The van der Waals surface area contributed by atoms with Crippen molar-refractivity contribution in [3.63, 3.8) is 0 Å². The van der Waals surface area contributed by atoms with Crippen molar-refractivity contribution in [2.24, 2.45) is 5.10 Å². The van der Waals surface area contributed by atoms with Crippen LogP contribution >= 0.6 is 27.5 Å². The standard InChI is InChI=1S/C20H17BrClN3O4S/c1-14-19(21)11-17(29-14)12-23-24-20(26)13-25(16-5-3-2-4-6-16)30(27,28)18-9-7-15(22)8-10-18/h2-12H,13H2,1H3,(H,24,26)/b23-12-. The summed E-state index contributed by atoms with van der Waals surface area (Å²) in [7, 11) is -4.01. The average molecular weight is 511 g/mol. The van der Waals surface area contributed by atoms with Gasteiger partial charge in [-0.25, -0.2) is 13.8 Å². The molecule has 1 N–H and O–H groups in total. The van der Waals surface area contributed by atoms with E-state index in [4.69, 9.17) is 16.0 Å². The average Bonchev–Trinajstić information content (AvgIpc) is 3.04. The number of rotatable bonds is 7. The minimum atomic E-state index is -4.01. The molecule has 0 aliphatic rings. The maximum atomic E-state index is 13.2.